The van der Waals surface area contributed by atoms with Gasteiger partial charge in [0.2, 0.25) is 11.8 Å². The number of nitrogens with zero attached hydrogens (tertiary/aromatic N) is 2. The largest absolute Gasteiger partial charge is 0.493 e. The van der Waals surface area contributed by atoms with Crippen molar-refractivity contribution in [2.45, 2.75) is 95.3 Å². The van der Waals surface area contributed by atoms with Crippen molar-refractivity contribution < 1.29 is 27.8 Å². The highest BCUT2D eigenvalue weighted by Gasteiger charge is 2.58. The second kappa shape index (κ2) is 9.34. The first-order valence-electron chi connectivity index (χ1n) is 12.7. The van der Waals surface area contributed by atoms with Gasteiger partial charge in [0.15, 0.2) is 0 Å². The summed E-state index contributed by atoms with van der Waals surface area (Å²) in [5, 5.41) is 0. The highest BCUT2D eigenvalue weighted by atomic mass is 19.3. The summed E-state index contributed by atoms with van der Waals surface area (Å²) in [5.41, 5.74) is 2.07. The lowest BCUT2D eigenvalue weighted by molar-refractivity contribution is -0.142. The Morgan fingerprint density at radius 3 is 2.79 bits per heavy atom. The van der Waals surface area contributed by atoms with Crippen LogP contribution in [0.1, 0.15) is 69.4 Å². The van der Waals surface area contributed by atoms with Crippen LogP contribution in [0.2, 0.25) is 0 Å². The van der Waals surface area contributed by atoms with Gasteiger partial charge in [0, 0.05) is 37.9 Å². The lowest BCUT2D eigenvalue weighted by Crippen LogP contribution is -2.53. The van der Waals surface area contributed by atoms with Crippen molar-refractivity contribution in [3.63, 3.8) is 0 Å². The van der Waals surface area contributed by atoms with E-state index in [0.29, 0.717) is 32.1 Å². The van der Waals surface area contributed by atoms with Crippen LogP contribution in [0.3, 0.4) is 0 Å². The van der Waals surface area contributed by atoms with Gasteiger partial charge >= 0.3 is 6.09 Å². The number of piperidine rings is 1. The molecule has 0 spiro atoms. The molecule has 8 heteroatoms. The minimum absolute atomic E-state index is 0.0639. The normalized spacial score (nSPS) is 27.0. The summed E-state index contributed by atoms with van der Waals surface area (Å²) in [5.74, 6) is -1.64. The molecule has 1 aromatic rings. The van der Waals surface area contributed by atoms with Gasteiger partial charge in [0.1, 0.15) is 11.8 Å². The van der Waals surface area contributed by atoms with Crippen molar-refractivity contribution in [3.05, 3.63) is 29.3 Å². The topological polar surface area (TPSA) is 59.1 Å². The fourth-order valence-corrected chi connectivity index (χ4v) is 5.74. The molecule has 1 saturated heterocycles. The van der Waals surface area contributed by atoms with Gasteiger partial charge in [-0.2, -0.15) is 0 Å². The van der Waals surface area contributed by atoms with E-state index < -0.39 is 18.1 Å². The van der Waals surface area contributed by atoms with Crippen LogP contribution in [0.5, 0.6) is 5.75 Å². The molecule has 4 aliphatic rings. The van der Waals surface area contributed by atoms with Crippen molar-refractivity contribution in [3.8, 4) is 5.75 Å². The van der Waals surface area contributed by atoms with Crippen molar-refractivity contribution >= 4 is 12.0 Å². The molecule has 6 nitrogen and oxygen atoms in total. The monoisotopic (exact) mass is 476 g/mol. The van der Waals surface area contributed by atoms with Crippen molar-refractivity contribution in [1.29, 1.82) is 0 Å². The van der Waals surface area contributed by atoms with Crippen LogP contribution in [0.4, 0.5) is 13.6 Å². The van der Waals surface area contributed by atoms with Crippen LogP contribution in [0, 0.1) is 5.92 Å². The summed E-state index contributed by atoms with van der Waals surface area (Å²) in [6.07, 6.45) is 3.79. The zero-order chi connectivity index (χ0) is 23.9. The van der Waals surface area contributed by atoms with E-state index in [2.05, 4.69) is 0 Å². The van der Waals surface area contributed by atoms with Crippen molar-refractivity contribution in [2.75, 3.05) is 13.2 Å². The van der Waals surface area contributed by atoms with E-state index >= 15 is 0 Å². The number of unbranched alkanes of at least 4 members (excludes halogenated alkanes) is 1. The Labute approximate surface area is 199 Å². The number of likely N-dealkylation sites (tertiary alicyclic amines) is 1. The third kappa shape index (κ3) is 4.73. The Balaban J connectivity index is 1.35. The maximum Gasteiger partial charge on any atom is 0.410 e. The van der Waals surface area contributed by atoms with Crippen molar-refractivity contribution in [1.82, 2.24) is 9.80 Å². The molecule has 0 N–H and O–H groups in total. The zero-order valence-electron chi connectivity index (χ0n) is 19.8. The predicted molar refractivity (Wildman–Crippen MR) is 122 cm³/mol. The van der Waals surface area contributed by atoms with Gasteiger partial charge in [-0.25, -0.2) is 13.6 Å². The number of hydrogen-bond donors (Lipinski definition) is 0. The molecule has 0 unspecified atom stereocenters. The fourth-order valence-electron chi connectivity index (χ4n) is 5.74. The molecular formula is C26H34F2N2O4. The molecule has 0 aromatic heterocycles. The van der Waals surface area contributed by atoms with Crippen LogP contribution >= 0.6 is 0 Å². The van der Waals surface area contributed by atoms with E-state index in [-0.39, 0.29) is 43.7 Å². The second-order valence-corrected chi connectivity index (χ2v) is 10.3. The predicted octanol–water partition coefficient (Wildman–Crippen LogP) is 4.93. The molecule has 2 aliphatic heterocycles. The van der Waals surface area contributed by atoms with Crippen LogP contribution in [-0.4, -0.2) is 59.1 Å². The van der Waals surface area contributed by atoms with E-state index in [1.807, 2.05) is 25.1 Å². The molecule has 0 bridgehead atoms. The zero-order valence-corrected chi connectivity index (χ0v) is 19.8. The van der Waals surface area contributed by atoms with E-state index in [0.717, 1.165) is 42.6 Å². The first kappa shape index (κ1) is 23.4. The number of rotatable bonds is 7. The van der Waals surface area contributed by atoms with Crippen LogP contribution in [-0.2, 0) is 22.5 Å². The van der Waals surface area contributed by atoms with E-state index in [9.17, 15) is 18.4 Å². The van der Waals surface area contributed by atoms with Gasteiger partial charge in [0.05, 0.1) is 13.2 Å². The Morgan fingerprint density at radius 1 is 1.24 bits per heavy atom. The Morgan fingerprint density at radius 2 is 2.03 bits per heavy atom. The molecule has 1 aromatic carbocycles. The van der Waals surface area contributed by atoms with Crippen LogP contribution in [0.15, 0.2) is 18.2 Å². The fraction of sp³-hybridized carbons (Fsp3) is 0.692. The smallest absolute Gasteiger partial charge is 0.410 e. The third-order valence-electron chi connectivity index (χ3n) is 7.85. The van der Waals surface area contributed by atoms with Crippen molar-refractivity contribution in [2.24, 2.45) is 5.92 Å². The van der Waals surface area contributed by atoms with Crippen LogP contribution < -0.4 is 4.74 Å². The molecule has 2 heterocycles. The summed E-state index contributed by atoms with van der Waals surface area (Å²) in [7, 11) is 0. The molecule has 3 fully saturated rings. The summed E-state index contributed by atoms with van der Waals surface area (Å²) in [4.78, 5) is 30.2. The standard InChI is InChI=1S/C26H34F2N2O4/c1-2-3-11-34-25(32)30-21-14-19(21)15-22(30)24(31)29(20-6-9-26(27,28)10-7-20)16-17-4-5-18-8-12-33-23(18)13-17/h4-5,13,19-22H,2-3,6-12,14-16H2,1H3/t19-,21-,22+/m1/s1. The third-order valence-corrected chi connectivity index (χ3v) is 7.85. The number of benzene rings is 1. The number of carbonyl (C=O) groups is 2. The number of fused-ring (bicyclic) bond motifs is 2. The Bertz CT molecular complexity index is 929. The SMILES string of the molecule is CCCCOC(=O)N1[C@@H]2C[C@@H]2C[C@H]1C(=O)N(Cc1ccc2c(c1)OCC2)C1CCC(F)(F)CC1. The minimum atomic E-state index is -2.67. The number of carbonyl (C=O) groups excluding carboxylic acids is 2. The van der Waals surface area contributed by atoms with E-state index in [1.165, 1.54) is 0 Å². The molecule has 2 aliphatic carbocycles. The molecule has 186 valence electrons. The summed E-state index contributed by atoms with van der Waals surface area (Å²) in [6, 6.07) is 5.20. The number of halogens is 2. The lowest BCUT2D eigenvalue weighted by Gasteiger charge is -2.39. The number of ether oxygens (including phenoxy) is 2. The maximum atomic E-state index is 13.9. The Hall–Kier alpha value is -2.38. The number of amides is 2. The molecule has 34 heavy (non-hydrogen) atoms. The van der Waals surface area contributed by atoms with E-state index in [4.69, 9.17) is 9.47 Å². The first-order chi connectivity index (χ1) is 16.4. The van der Waals surface area contributed by atoms with Gasteiger partial charge in [-0.1, -0.05) is 25.5 Å². The summed E-state index contributed by atoms with van der Waals surface area (Å²) in [6.45, 7) is 3.36. The minimum Gasteiger partial charge on any atom is -0.493 e. The summed E-state index contributed by atoms with van der Waals surface area (Å²) < 4.78 is 39.0. The number of hydrogen-bond acceptors (Lipinski definition) is 4. The van der Waals surface area contributed by atoms with Gasteiger partial charge in [-0.05, 0) is 55.2 Å². The molecule has 5 rings (SSSR count). The lowest BCUT2D eigenvalue weighted by atomic mass is 9.90. The first-order valence-corrected chi connectivity index (χ1v) is 12.7. The molecule has 3 atom stereocenters. The molecule has 0 radical (unpaired) electrons. The summed E-state index contributed by atoms with van der Waals surface area (Å²) >= 11 is 0. The van der Waals surface area contributed by atoms with Gasteiger partial charge < -0.3 is 14.4 Å². The number of alkyl halides is 2. The van der Waals surface area contributed by atoms with E-state index in [1.54, 1.807) is 9.80 Å². The molecule has 2 saturated carbocycles. The van der Waals surface area contributed by atoms with Gasteiger partial charge in [-0.3, -0.25) is 9.69 Å². The highest BCUT2D eigenvalue weighted by molar-refractivity contribution is 5.87. The van der Waals surface area contributed by atoms with Crippen LogP contribution in [0.25, 0.3) is 0 Å². The maximum absolute atomic E-state index is 13.9. The quantitative estimate of drug-likeness (QED) is 0.524. The van der Waals surface area contributed by atoms with Gasteiger partial charge in [-0.15, -0.1) is 0 Å². The highest BCUT2D eigenvalue weighted by Crippen LogP contribution is 2.49. The average molecular weight is 477 g/mol. The second-order valence-electron chi connectivity index (χ2n) is 10.3. The molecular weight excluding hydrogens is 442 g/mol. The Kier molecular flexibility index (Phi) is 6.42. The average Bonchev–Trinajstić information content (AvgIpc) is 3.24. The molecule has 2 amide bonds. The van der Waals surface area contributed by atoms with Gasteiger partial charge in [0.25, 0.3) is 0 Å².